The van der Waals surface area contributed by atoms with Crippen molar-refractivity contribution in [3.05, 3.63) is 46.4 Å². The molecule has 0 fully saturated rings. The SMILES string of the molecule is CCSc1ccc(C(Cc2cncs2)NN)cc1. The van der Waals surface area contributed by atoms with Crippen molar-refractivity contribution in [1.29, 1.82) is 0 Å². The fourth-order valence-corrected chi connectivity index (χ4v) is 3.08. The first kappa shape index (κ1) is 13.5. The molecule has 1 aromatic heterocycles. The molecule has 1 unspecified atom stereocenters. The van der Waals surface area contributed by atoms with Crippen LogP contribution in [-0.2, 0) is 6.42 Å². The third-order valence-electron chi connectivity index (χ3n) is 2.68. The van der Waals surface area contributed by atoms with Crippen LogP contribution in [0.5, 0.6) is 0 Å². The third kappa shape index (κ3) is 3.55. The molecule has 0 aliphatic carbocycles. The molecular formula is C13H17N3S2. The molecule has 2 aromatic rings. The Hall–Kier alpha value is -0.880. The molecule has 0 saturated heterocycles. The number of thioether (sulfide) groups is 1. The van der Waals surface area contributed by atoms with Gasteiger partial charge >= 0.3 is 0 Å². The lowest BCUT2D eigenvalue weighted by atomic mass is 10.0. The van der Waals surface area contributed by atoms with Crippen molar-refractivity contribution < 1.29 is 0 Å². The third-order valence-corrected chi connectivity index (χ3v) is 4.38. The van der Waals surface area contributed by atoms with E-state index >= 15 is 0 Å². The second-order valence-electron chi connectivity index (χ2n) is 3.89. The van der Waals surface area contributed by atoms with Crippen LogP contribution in [0.4, 0.5) is 0 Å². The van der Waals surface area contributed by atoms with E-state index in [4.69, 9.17) is 5.84 Å². The molecule has 0 bridgehead atoms. The minimum absolute atomic E-state index is 0.145. The molecule has 18 heavy (non-hydrogen) atoms. The largest absolute Gasteiger partial charge is 0.271 e. The van der Waals surface area contributed by atoms with E-state index in [2.05, 4.69) is 41.6 Å². The fraction of sp³-hybridized carbons (Fsp3) is 0.308. The normalized spacial score (nSPS) is 12.6. The van der Waals surface area contributed by atoms with Crippen molar-refractivity contribution in [3.63, 3.8) is 0 Å². The van der Waals surface area contributed by atoms with Crippen molar-refractivity contribution in [1.82, 2.24) is 10.4 Å². The van der Waals surface area contributed by atoms with E-state index in [1.807, 2.05) is 23.5 Å². The summed E-state index contributed by atoms with van der Waals surface area (Å²) in [4.78, 5) is 6.63. The van der Waals surface area contributed by atoms with Gasteiger partial charge in [0.15, 0.2) is 0 Å². The number of nitrogens with two attached hydrogens (primary N) is 1. The Morgan fingerprint density at radius 3 is 2.72 bits per heavy atom. The zero-order valence-electron chi connectivity index (χ0n) is 10.3. The predicted molar refractivity (Wildman–Crippen MR) is 78.7 cm³/mol. The van der Waals surface area contributed by atoms with Crippen LogP contribution < -0.4 is 11.3 Å². The molecule has 96 valence electrons. The van der Waals surface area contributed by atoms with Crippen LogP contribution >= 0.6 is 23.1 Å². The topological polar surface area (TPSA) is 50.9 Å². The second-order valence-corrected chi connectivity index (χ2v) is 6.20. The number of aromatic nitrogens is 1. The first-order valence-electron chi connectivity index (χ1n) is 5.89. The average Bonchev–Trinajstić information content (AvgIpc) is 2.90. The molecular weight excluding hydrogens is 262 g/mol. The van der Waals surface area contributed by atoms with Gasteiger partial charge < -0.3 is 0 Å². The van der Waals surface area contributed by atoms with E-state index in [1.54, 1.807) is 11.3 Å². The number of hydrogen-bond donors (Lipinski definition) is 2. The molecule has 1 atom stereocenters. The highest BCUT2D eigenvalue weighted by Crippen LogP contribution is 2.23. The van der Waals surface area contributed by atoms with Crippen LogP contribution in [0.3, 0.4) is 0 Å². The monoisotopic (exact) mass is 279 g/mol. The van der Waals surface area contributed by atoms with Crippen LogP contribution in [0.2, 0.25) is 0 Å². The molecule has 3 N–H and O–H groups in total. The van der Waals surface area contributed by atoms with Gasteiger partial charge in [-0.15, -0.1) is 23.1 Å². The van der Waals surface area contributed by atoms with Crippen LogP contribution in [0.15, 0.2) is 40.9 Å². The van der Waals surface area contributed by atoms with E-state index in [-0.39, 0.29) is 6.04 Å². The van der Waals surface area contributed by atoms with Gasteiger partial charge in [-0.3, -0.25) is 16.3 Å². The Morgan fingerprint density at radius 2 is 2.17 bits per heavy atom. The summed E-state index contributed by atoms with van der Waals surface area (Å²) >= 11 is 3.51. The number of nitrogens with zero attached hydrogens (tertiary/aromatic N) is 1. The fourth-order valence-electron chi connectivity index (χ4n) is 1.78. The van der Waals surface area contributed by atoms with Crippen LogP contribution in [-0.4, -0.2) is 10.7 Å². The molecule has 5 heteroatoms. The smallest absolute Gasteiger partial charge is 0.0794 e. The molecule has 0 spiro atoms. The van der Waals surface area contributed by atoms with Crippen LogP contribution in [0.1, 0.15) is 23.4 Å². The number of benzene rings is 1. The maximum Gasteiger partial charge on any atom is 0.0794 e. The van der Waals surface area contributed by atoms with Crippen molar-refractivity contribution in [2.45, 2.75) is 24.3 Å². The molecule has 0 radical (unpaired) electrons. The summed E-state index contributed by atoms with van der Waals surface area (Å²) < 4.78 is 0. The summed E-state index contributed by atoms with van der Waals surface area (Å²) in [6, 6.07) is 8.74. The minimum Gasteiger partial charge on any atom is -0.271 e. The Morgan fingerprint density at radius 1 is 1.39 bits per heavy atom. The highest BCUT2D eigenvalue weighted by atomic mass is 32.2. The van der Waals surface area contributed by atoms with Crippen molar-refractivity contribution in [3.8, 4) is 0 Å². The highest BCUT2D eigenvalue weighted by molar-refractivity contribution is 7.99. The molecule has 1 heterocycles. The summed E-state index contributed by atoms with van der Waals surface area (Å²) in [5.74, 6) is 6.74. The van der Waals surface area contributed by atoms with Crippen molar-refractivity contribution >= 4 is 23.1 Å². The molecule has 2 rings (SSSR count). The van der Waals surface area contributed by atoms with Crippen molar-refractivity contribution in [2.24, 2.45) is 5.84 Å². The van der Waals surface area contributed by atoms with Gasteiger partial charge in [-0.1, -0.05) is 19.1 Å². The number of rotatable bonds is 6. The molecule has 3 nitrogen and oxygen atoms in total. The zero-order chi connectivity index (χ0) is 12.8. The second kappa shape index (κ2) is 6.89. The minimum atomic E-state index is 0.145. The van der Waals surface area contributed by atoms with Gasteiger partial charge in [-0.25, -0.2) is 0 Å². The van der Waals surface area contributed by atoms with Gasteiger partial charge in [-0.2, -0.15) is 0 Å². The van der Waals surface area contributed by atoms with E-state index in [0.717, 1.165) is 12.2 Å². The van der Waals surface area contributed by atoms with Crippen molar-refractivity contribution in [2.75, 3.05) is 5.75 Å². The maximum absolute atomic E-state index is 5.65. The lowest BCUT2D eigenvalue weighted by Crippen LogP contribution is -2.29. The Bertz CT molecular complexity index is 454. The van der Waals surface area contributed by atoms with Gasteiger partial charge in [0, 0.05) is 22.4 Å². The summed E-state index contributed by atoms with van der Waals surface area (Å²) in [7, 11) is 0. The van der Waals surface area contributed by atoms with Gasteiger partial charge in [0.1, 0.15) is 0 Å². The average molecular weight is 279 g/mol. The number of nitrogens with one attached hydrogen (secondary N) is 1. The van der Waals surface area contributed by atoms with Gasteiger partial charge in [0.05, 0.1) is 11.6 Å². The van der Waals surface area contributed by atoms with Crippen LogP contribution in [0.25, 0.3) is 0 Å². The Kier molecular flexibility index (Phi) is 5.19. The predicted octanol–water partition coefficient (Wildman–Crippen LogP) is 3.00. The maximum atomic E-state index is 5.65. The number of thiazole rings is 1. The Labute approximate surface area is 116 Å². The molecule has 0 amide bonds. The van der Waals surface area contributed by atoms with Gasteiger partial charge in [-0.05, 0) is 23.4 Å². The molecule has 0 saturated carbocycles. The summed E-state index contributed by atoms with van der Waals surface area (Å²) in [5, 5.41) is 0. The van der Waals surface area contributed by atoms with Gasteiger partial charge in [0.2, 0.25) is 0 Å². The van der Waals surface area contributed by atoms with Gasteiger partial charge in [0.25, 0.3) is 0 Å². The standard InChI is InChI=1S/C13H17N3S2/c1-2-17-11-5-3-10(4-6-11)13(16-14)7-12-8-15-9-18-12/h3-6,8-9,13,16H,2,7,14H2,1H3. The summed E-state index contributed by atoms with van der Waals surface area (Å²) in [6.07, 6.45) is 2.78. The van der Waals surface area contributed by atoms with E-state index in [9.17, 15) is 0 Å². The zero-order valence-corrected chi connectivity index (χ0v) is 11.9. The Balaban J connectivity index is 2.07. The van der Waals surface area contributed by atoms with E-state index < -0.39 is 0 Å². The number of hydrazine groups is 1. The quantitative estimate of drug-likeness (QED) is 0.485. The molecule has 0 aliphatic heterocycles. The number of hydrogen-bond acceptors (Lipinski definition) is 5. The first-order chi connectivity index (χ1) is 8.83. The lowest BCUT2D eigenvalue weighted by molar-refractivity contribution is 0.555. The van der Waals surface area contributed by atoms with E-state index in [1.165, 1.54) is 15.3 Å². The lowest BCUT2D eigenvalue weighted by Gasteiger charge is -2.15. The molecule has 1 aromatic carbocycles. The summed E-state index contributed by atoms with van der Waals surface area (Å²) in [6.45, 7) is 2.16. The first-order valence-corrected chi connectivity index (χ1v) is 7.76. The highest BCUT2D eigenvalue weighted by Gasteiger charge is 2.11. The van der Waals surface area contributed by atoms with E-state index in [0.29, 0.717) is 0 Å². The molecule has 0 aliphatic rings. The summed E-state index contributed by atoms with van der Waals surface area (Å²) in [5.41, 5.74) is 5.95. The van der Waals surface area contributed by atoms with Crippen LogP contribution in [0, 0.1) is 0 Å².